The molecule has 23 heavy (non-hydrogen) atoms. The highest BCUT2D eigenvalue weighted by Gasteiger charge is 2.19. The minimum absolute atomic E-state index is 0.125. The summed E-state index contributed by atoms with van der Waals surface area (Å²) in [5.41, 5.74) is 3.03. The highest BCUT2D eigenvalue weighted by molar-refractivity contribution is 5.96. The number of nitrogens with one attached hydrogen (secondary N) is 1. The van der Waals surface area contributed by atoms with Crippen LogP contribution in [0.3, 0.4) is 0 Å². The van der Waals surface area contributed by atoms with Crippen LogP contribution in [-0.2, 0) is 19.5 Å². The molecule has 0 unspecified atom stereocenters. The molecule has 0 saturated heterocycles. The molecule has 0 saturated carbocycles. The first-order valence-electron chi connectivity index (χ1n) is 7.85. The predicted octanol–water partition coefficient (Wildman–Crippen LogP) is 0.916. The molecule has 0 atom stereocenters. The average Bonchev–Trinajstić information content (AvgIpc) is 2.94. The Labute approximate surface area is 133 Å². The standard InChI is InChI=1S/C16H18N6O/c23-8-2-7-22-16(18-10-19-22)15-12-4-1-3-11-9-17-6-5-13(14(11)12)20-21-15/h1,3-4,10,17,23H,2,5-9H2. The van der Waals surface area contributed by atoms with E-state index in [1.807, 2.05) is 6.07 Å². The van der Waals surface area contributed by atoms with Crippen LogP contribution < -0.4 is 5.32 Å². The lowest BCUT2D eigenvalue weighted by molar-refractivity contribution is 0.277. The van der Waals surface area contributed by atoms with Crippen molar-refractivity contribution in [2.24, 2.45) is 0 Å². The summed E-state index contributed by atoms with van der Waals surface area (Å²) in [6.45, 7) is 2.48. The summed E-state index contributed by atoms with van der Waals surface area (Å²) < 4.78 is 1.78. The first kappa shape index (κ1) is 14.2. The highest BCUT2D eigenvalue weighted by Crippen LogP contribution is 2.30. The van der Waals surface area contributed by atoms with Gasteiger partial charge in [0.15, 0.2) is 5.82 Å². The zero-order valence-electron chi connectivity index (χ0n) is 12.7. The molecule has 7 heteroatoms. The molecule has 0 spiro atoms. The number of benzene rings is 1. The summed E-state index contributed by atoms with van der Waals surface area (Å²) in [6.07, 6.45) is 3.03. The summed E-state index contributed by atoms with van der Waals surface area (Å²) in [7, 11) is 0. The van der Waals surface area contributed by atoms with Crippen molar-refractivity contribution >= 4 is 10.8 Å². The molecule has 3 heterocycles. The van der Waals surface area contributed by atoms with Crippen LogP contribution in [0.5, 0.6) is 0 Å². The van der Waals surface area contributed by atoms with Gasteiger partial charge in [-0.05, 0) is 12.0 Å². The SMILES string of the molecule is OCCCn1ncnc1-c1nnc2c3c(cccc13)CNCC2. The molecule has 2 aromatic heterocycles. The summed E-state index contributed by atoms with van der Waals surface area (Å²) in [6, 6.07) is 6.25. The van der Waals surface area contributed by atoms with E-state index in [4.69, 9.17) is 5.11 Å². The van der Waals surface area contributed by atoms with Gasteiger partial charge in [0.05, 0.1) is 5.69 Å². The molecular weight excluding hydrogens is 292 g/mol. The van der Waals surface area contributed by atoms with Crippen molar-refractivity contribution in [3.05, 3.63) is 35.8 Å². The lowest BCUT2D eigenvalue weighted by atomic mass is 10.0. The van der Waals surface area contributed by atoms with Crippen molar-refractivity contribution in [3.8, 4) is 11.5 Å². The Morgan fingerprint density at radius 3 is 3.13 bits per heavy atom. The zero-order chi connectivity index (χ0) is 15.6. The number of aliphatic hydroxyl groups excluding tert-OH is 1. The van der Waals surface area contributed by atoms with Crippen molar-refractivity contribution in [1.29, 1.82) is 0 Å². The van der Waals surface area contributed by atoms with Crippen LogP contribution in [0.2, 0.25) is 0 Å². The normalized spacial score (nSPS) is 14.1. The van der Waals surface area contributed by atoms with E-state index in [1.165, 1.54) is 17.3 Å². The van der Waals surface area contributed by atoms with E-state index in [0.29, 0.717) is 18.8 Å². The fourth-order valence-corrected chi connectivity index (χ4v) is 3.10. The van der Waals surface area contributed by atoms with Crippen LogP contribution in [0.1, 0.15) is 17.7 Å². The van der Waals surface area contributed by atoms with Crippen LogP contribution in [0.15, 0.2) is 24.5 Å². The molecule has 7 nitrogen and oxygen atoms in total. The average molecular weight is 310 g/mol. The summed E-state index contributed by atoms with van der Waals surface area (Å²) in [5, 5.41) is 27.9. The van der Waals surface area contributed by atoms with Crippen LogP contribution in [0.4, 0.5) is 0 Å². The van der Waals surface area contributed by atoms with Gasteiger partial charge in [0.1, 0.15) is 12.0 Å². The second-order valence-electron chi connectivity index (χ2n) is 5.65. The van der Waals surface area contributed by atoms with Crippen molar-refractivity contribution in [1.82, 2.24) is 30.3 Å². The topological polar surface area (TPSA) is 88.8 Å². The lowest BCUT2D eigenvalue weighted by Crippen LogP contribution is -2.13. The van der Waals surface area contributed by atoms with E-state index >= 15 is 0 Å². The molecule has 1 aromatic carbocycles. The number of nitrogens with zero attached hydrogens (tertiary/aromatic N) is 5. The third-order valence-corrected chi connectivity index (χ3v) is 4.17. The molecule has 118 valence electrons. The van der Waals surface area contributed by atoms with Crippen molar-refractivity contribution < 1.29 is 5.11 Å². The van der Waals surface area contributed by atoms with Gasteiger partial charge in [-0.3, -0.25) is 0 Å². The van der Waals surface area contributed by atoms with E-state index < -0.39 is 0 Å². The van der Waals surface area contributed by atoms with Gasteiger partial charge in [0.25, 0.3) is 0 Å². The minimum atomic E-state index is 0.125. The summed E-state index contributed by atoms with van der Waals surface area (Å²) >= 11 is 0. The van der Waals surface area contributed by atoms with Gasteiger partial charge < -0.3 is 10.4 Å². The van der Waals surface area contributed by atoms with Crippen molar-refractivity contribution in [2.75, 3.05) is 13.2 Å². The Bertz CT molecular complexity index is 831. The highest BCUT2D eigenvalue weighted by atomic mass is 16.3. The monoisotopic (exact) mass is 310 g/mol. The smallest absolute Gasteiger partial charge is 0.179 e. The number of hydrogen-bond acceptors (Lipinski definition) is 6. The number of aryl methyl sites for hydroxylation is 1. The van der Waals surface area contributed by atoms with Crippen LogP contribution in [0, 0.1) is 0 Å². The minimum Gasteiger partial charge on any atom is -0.396 e. The van der Waals surface area contributed by atoms with Gasteiger partial charge in [0.2, 0.25) is 0 Å². The van der Waals surface area contributed by atoms with Gasteiger partial charge in [-0.25, -0.2) is 9.67 Å². The second kappa shape index (κ2) is 6.02. The van der Waals surface area contributed by atoms with E-state index in [-0.39, 0.29) is 6.61 Å². The Morgan fingerprint density at radius 1 is 1.26 bits per heavy atom. The molecule has 0 fully saturated rings. The van der Waals surface area contributed by atoms with Crippen LogP contribution in [0.25, 0.3) is 22.3 Å². The molecule has 0 amide bonds. The van der Waals surface area contributed by atoms with Crippen molar-refractivity contribution in [2.45, 2.75) is 25.9 Å². The number of aliphatic hydroxyl groups is 1. The Balaban J connectivity index is 1.91. The van der Waals surface area contributed by atoms with Crippen LogP contribution >= 0.6 is 0 Å². The van der Waals surface area contributed by atoms with Gasteiger partial charge >= 0.3 is 0 Å². The molecule has 0 bridgehead atoms. The third kappa shape index (κ3) is 2.47. The molecule has 1 aliphatic rings. The van der Waals surface area contributed by atoms with E-state index in [0.717, 1.165) is 36.3 Å². The van der Waals surface area contributed by atoms with E-state index in [2.05, 4.69) is 37.7 Å². The van der Waals surface area contributed by atoms with Gasteiger partial charge in [0, 0.05) is 43.4 Å². The fraction of sp³-hybridized carbons (Fsp3) is 0.375. The first-order valence-corrected chi connectivity index (χ1v) is 7.85. The van der Waals surface area contributed by atoms with E-state index in [9.17, 15) is 0 Å². The Morgan fingerprint density at radius 2 is 2.22 bits per heavy atom. The van der Waals surface area contributed by atoms with Crippen LogP contribution in [-0.4, -0.2) is 43.2 Å². The predicted molar refractivity (Wildman–Crippen MR) is 85.7 cm³/mol. The summed E-state index contributed by atoms with van der Waals surface area (Å²) in [4.78, 5) is 4.37. The zero-order valence-corrected chi connectivity index (χ0v) is 12.7. The molecular formula is C16H18N6O. The molecule has 0 radical (unpaired) electrons. The molecule has 1 aliphatic heterocycles. The van der Waals surface area contributed by atoms with Gasteiger partial charge in [-0.2, -0.15) is 10.2 Å². The first-order chi connectivity index (χ1) is 11.4. The quantitative estimate of drug-likeness (QED) is 0.745. The second-order valence-corrected chi connectivity index (χ2v) is 5.65. The molecule has 2 N–H and O–H groups in total. The maximum atomic E-state index is 9.05. The maximum Gasteiger partial charge on any atom is 0.179 e. The number of hydrogen-bond donors (Lipinski definition) is 2. The Kier molecular flexibility index (Phi) is 3.72. The maximum absolute atomic E-state index is 9.05. The molecule has 3 aromatic rings. The molecule has 4 rings (SSSR count). The fourth-order valence-electron chi connectivity index (χ4n) is 3.10. The van der Waals surface area contributed by atoms with E-state index in [1.54, 1.807) is 4.68 Å². The third-order valence-electron chi connectivity index (χ3n) is 4.17. The number of aromatic nitrogens is 5. The van der Waals surface area contributed by atoms with Gasteiger partial charge in [-0.1, -0.05) is 18.2 Å². The summed E-state index contributed by atoms with van der Waals surface area (Å²) in [5.74, 6) is 0.701. The van der Waals surface area contributed by atoms with Crippen molar-refractivity contribution in [3.63, 3.8) is 0 Å². The molecule has 0 aliphatic carbocycles. The van der Waals surface area contributed by atoms with Gasteiger partial charge in [-0.15, -0.1) is 5.10 Å². The lowest BCUT2D eigenvalue weighted by Gasteiger charge is -2.10. The Hall–Kier alpha value is -2.38. The number of rotatable bonds is 4. The largest absolute Gasteiger partial charge is 0.396 e.